The number of unbranched alkanes of at least 4 members (excludes halogenated alkanes) is 2. The highest BCUT2D eigenvalue weighted by molar-refractivity contribution is 7.89. The van der Waals surface area contributed by atoms with Crippen LogP contribution in [0.3, 0.4) is 0 Å². The van der Waals surface area contributed by atoms with Gasteiger partial charge in [0.05, 0.1) is 5.56 Å². The lowest BCUT2D eigenvalue weighted by Gasteiger charge is -2.28. The maximum absolute atomic E-state index is 12.8. The van der Waals surface area contributed by atoms with Crippen LogP contribution in [0.4, 0.5) is 18.9 Å². The van der Waals surface area contributed by atoms with E-state index in [0.717, 1.165) is 38.9 Å². The van der Waals surface area contributed by atoms with Crippen molar-refractivity contribution >= 4 is 15.7 Å². The van der Waals surface area contributed by atoms with E-state index in [1.165, 1.54) is 11.1 Å². The summed E-state index contributed by atoms with van der Waals surface area (Å²) in [5, 5.41) is 18.8. The fourth-order valence-corrected chi connectivity index (χ4v) is 5.03. The van der Waals surface area contributed by atoms with E-state index in [9.17, 15) is 32.0 Å². The molecule has 7 nitrogen and oxygen atoms in total. The van der Waals surface area contributed by atoms with Crippen molar-refractivity contribution in [3.63, 3.8) is 0 Å². The molecule has 1 atom stereocenters. The van der Waals surface area contributed by atoms with Gasteiger partial charge in [-0.3, -0.25) is 4.90 Å². The second kappa shape index (κ2) is 10.3. The predicted molar refractivity (Wildman–Crippen MR) is 112 cm³/mol. The summed E-state index contributed by atoms with van der Waals surface area (Å²) >= 11 is 0. The number of hydrogen-bond donors (Lipinski definition) is 3. The van der Waals surface area contributed by atoms with Crippen molar-refractivity contribution in [2.24, 2.45) is 0 Å². The lowest BCUT2D eigenvalue weighted by atomic mass is 10.00. The number of fused-ring (bicyclic) bond motifs is 1. The molecule has 0 amide bonds. The summed E-state index contributed by atoms with van der Waals surface area (Å²) < 4.78 is 65.7. The van der Waals surface area contributed by atoms with Gasteiger partial charge in [0.15, 0.2) is 5.69 Å². The van der Waals surface area contributed by atoms with Gasteiger partial charge in [-0.1, -0.05) is 30.7 Å². The molecule has 0 radical (unpaired) electrons. The second-order valence-corrected chi connectivity index (χ2v) is 9.50. The average molecular weight is 474 g/mol. The first-order valence-electron chi connectivity index (χ1n) is 10.3. The normalized spacial score (nSPS) is 16.0. The molecule has 0 aromatic heterocycles. The molecule has 0 spiro atoms. The molecule has 1 aliphatic heterocycles. The van der Waals surface area contributed by atoms with Crippen LogP contribution in [0.5, 0.6) is 0 Å². The van der Waals surface area contributed by atoms with Crippen LogP contribution in [0.25, 0.3) is 0 Å². The van der Waals surface area contributed by atoms with Crippen LogP contribution in [0.15, 0.2) is 47.4 Å². The molecule has 2 aromatic rings. The monoisotopic (exact) mass is 473 g/mol. The number of rotatable bonds is 9. The maximum Gasteiger partial charge on any atom is 0.416 e. The number of benzene rings is 2. The van der Waals surface area contributed by atoms with Gasteiger partial charge in [-0.15, -0.1) is 0 Å². The molecular formula is C21H26F3N3O4S. The first kappa shape index (κ1) is 24.6. The fraction of sp³-hybridized carbons (Fsp3) is 0.429. The van der Waals surface area contributed by atoms with Gasteiger partial charge in [0.1, 0.15) is 4.90 Å². The van der Waals surface area contributed by atoms with Gasteiger partial charge >= 0.3 is 6.18 Å². The van der Waals surface area contributed by atoms with Crippen LogP contribution < -0.4 is 9.95 Å². The SMILES string of the molecule is O=S(=O)(NCCCCCN1CCc2ccccc2C1)c1ccc(C(F)(F)F)cc1[NH+]([O-])O. The highest BCUT2D eigenvalue weighted by Gasteiger charge is 2.34. The number of hydrogen-bond acceptors (Lipinski definition) is 5. The quantitative estimate of drug-likeness (QED) is 0.384. The van der Waals surface area contributed by atoms with E-state index in [4.69, 9.17) is 0 Å². The van der Waals surface area contributed by atoms with Gasteiger partial charge in [0.25, 0.3) is 0 Å². The van der Waals surface area contributed by atoms with Crippen LogP contribution in [0, 0.1) is 5.21 Å². The Bertz CT molecular complexity index is 1030. The summed E-state index contributed by atoms with van der Waals surface area (Å²) in [6.45, 7) is 2.85. The minimum absolute atomic E-state index is 0.0747. The van der Waals surface area contributed by atoms with E-state index in [-0.39, 0.29) is 6.54 Å². The third-order valence-electron chi connectivity index (χ3n) is 5.48. The summed E-state index contributed by atoms with van der Waals surface area (Å²) in [6.07, 6.45) is -1.58. The van der Waals surface area contributed by atoms with Crippen LogP contribution in [0.1, 0.15) is 36.0 Å². The Hall–Kier alpha value is -2.02. The molecule has 32 heavy (non-hydrogen) atoms. The number of sulfonamides is 1. The zero-order chi connectivity index (χ0) is 23.4. The van der Waals surface area contributed by atoms with Crippen LogP contribution in [-0.4, -0.2) is 38.2 Å². The molecule has 1 heterocycles. The van der Waals surface area contributed by atoms with Gasteiger partial charge in [-0.2, -0.15) is 18.4 Å². The summed E-state index contributed by atoms with van der Waals surface area (Å²) in [5.41, 5.74) is 0.589. The first-order chi connectivity index (χ1) is 15.1. The highest BCUT2D eigenvalue weighted by Crippen LogP contribution is 2.32. The van der Waals surface area contributed by atoms with Crippen molar-refractivity contribution in [2.45, 2.75) is 43.3 Å². The third-order valence-corrected chi connectivity index (χ3v) is 7.00. The summed E-state index contributed by atoms with van der Waals surface area (Å²) in [4.78, 5) is 1.68. The zero-order valence-corrected chi connectivity index (χ0v) is 18.2. The molecule has 176 valence electrons. The molecule has 3 N–H and O–H groups in total. The molecule has 0 bridgehead atoms. The van der Waals surface area contributed by atoms with Crippen molar-refractivity contribution in [2.75, 3.05) is 19.6 Å². The lowest BCUT2D eigenvalue weighted by molar-refractivity contribution is -0.992. The van der Waals surface area contributed by atoms with E-state index < -0.39 is 37.6 Å². The zero-order valence-electron chi connectivity index (χ0n) is 17.4. The fourth-order valence-electron chi connectivity index (χ4n) is 3.77. The second-order valence-electron chi connectivity index (χ2n) is 7.77. The standard InChI is InChI=1S/C21H26F3N3O4S/c22-21(23,24)18-8-9-20(19(14-18)27(28)29)32(30,31)25-11-4-1-5-12-26-13-10-16-6-2-3-7-17(16)15-26/h2-3,6-9,14,25,27-28H,1,4-5,10-13,15H2. The molecule has 3 rings (SSSR count). The van der Waals surface area contributed by atoms with E-state index in [2.05, 4.69) is 21.8 Å². The van der Waals surface area contributed by atoms with Crippen LogP contribution in [-0.2, 0) is 29.2 Å². The van der Waals surface area contributed by atoms with E-state index in [0.29, 0.717) is 24.6 Å². The number of nitrogens with zero attached hydrogens (tertiary/aromatic N) is 1. The van der Waals surface area contributed by atoms with Gasteiger partial charge < -0.3 is 5.21 Å². The molecular weight excluding hydrogens is 447 g/mol. The Morgan fingerprint density at radius 2 is 1.81 bits per heavy atom. The average Bonchev–Trinajstić information content (AvgIpc) is 2.75. The van der Waals surface area contributed by atoms with Gasteiger partial charge in [-0.05, 0) is 49.1 Å². The Balaban J connectivity index is 1.48. The Morgan fingerprint density at radius 1 is 1.09 bits per heavy atom. The largest absolute Gasteiger partial charge is 0.595 e. The summed E-state index contributed by atoms with van der Waals surface area (Å²) in [7, 11) is -4.25. The van der Waals surface area contributed by atoms with Crippen molar-refractivity contribution in [3.8, 4) is 0 Å². The van der Waals surface area contributed by atoms with Crippen molar-refractivity contribution in [3.05, 3.63) is 64.4 Å². The third kappa shape index (κ3) is 6.27. The molecule has 1 aliphatic rings. The van der Waals surface area contributed by atoms with Crippen LogP contribution >= 0.6 is 0 Å². The Labute approximate surface area is 185 Å². The molecule has 0 fully saturated rings. The maximum atomic E-state index is 12.8. The van der Waals surface area contributed by atoms with E-state index in [1.54, 1.807) is 0 Å². The lowest BCUT2D eigenvalue weighted by Crippen LogP contribution is -2.99. The summed E-state index contributed by atoms with van der Waals surface area (Å²) in [5.74, 6) is 0. The van der Waals surface area contributed by atoms with Gasteiger partial charge in [0.2, 0.25) is 10.0 Å². The number of quaternary nitrogens is 1. The molecule has 11 heteroatoms. The van der Waals surface area contributed by atoms with Crippen molar-refractivity contribution in [1.29, 1.82) is 0 Å². The minimum Gasteiger partial charge on any atom is -0.595 e. The van der Waals surface area contributed by atoms with Gasteiger partial charge in [-0.25, -0.2) is 18.3 Å². The first-order valence-corrected chi connectivity index (χ1v) is 11.8. The number of nitrogens with one attached hydrogen (secondary N) is 2. The molecule has 0 saturated heterocycles. The molecule has 0 aliphatic carbocycles. The summed E-state index contributed by atoms with van der Waals surface area (Å²) in [6, 6.07) is 9.93. The van der Waals surface area contributed by atoms with Crippen molar-refractivity contribution < 1.29 is 32.0 Å². The molecule has 0 saturated carbocycles. The number of alkyl halides is 3. The predicted octanol–water partition coefficient (Wildman–Crippen LogP) is 2.62. The van der Waals surface area contributed by atoms with E-state index >= 15 is 0 Å². The highest BCUT2D eigenvalue weighted by atomic mass is 32.2. The molecule has 2 aromatic carbocycles. The van der Waals surface area contributed by atoms with Gasteiger partial charge in [0, 0.05) is 25.7 Å². The van der Waals surface area contributed by atoms with Crippen LogP contribution in [0.2, 0.25) is 0 Å². The van der Waals surface area contributed by atoms with Crippen molar-refractivity contribution in [1.82, 2.24) is 9.62 Å². The smallest absolute Gasteiger partial charge is 0.416 e. The Morgan fingerprint density at radius 3 is 2.50 bits per heavy atom. The minimum atomic E-state index is -4.77. The number of halogens is 3. The van der Waals surface area contributed by atoms with E-state index in [1.807, 2.05) is 12.1 Å². The Kier molecular flexibility index (Phi) is 7.91. The molecule has 1 unspecified atom stereocenters. The topological polar surface area (TPSA) is 97.1 Å².